The summed E-state index contributed by atoms with van der Waals surface area (Å²) in [5.74, 6) is 0.201. The zero-order valence-electron chi connectivity index (χ0n) is 14.5. The van der Waals surface area contributed by atoms with Crippen LogP contribution in [0.1, 0.15) is 36.7 Å². The number of amides is 2. The van der Waals surface area contributed by atoms with Gasteiger partial charge >= 0.3 is 0 Å². The lowest BCUT2D eigenvalue weighted by Gasteiger charge is -2.34. The average Bonchev–Trinajstić information content (AvgIpc) is 2.54. The molecule has 1 atom stereocenters. The van der Waals surface area contributed by atoms with Gasteiger partial charge in [0.25, 0.3) is 5.91 Å². The molecule has 1 fully saturated rings. The van der Waals surface area contributed by atoms with Crippen molar-refractivity contribution >= 4 is 11.8 Å². The van der Waals surface area contributed by atoms with Gasteiger partial charge in [0, 0.05) is 50.7 Å². The zero-order valence-corrected chi connectivity index (χ0v) is 14.5. The summed E-state index contributed by atoms with van der Waals surface area (Å²) < 4.78 is 0. The summed E-state index contributed by atoms with van der Waals surface area (Å²) in [6, 6.07) is 7.81. The molecule has 1 aliphatic heterocycles. The highest BCUT2D eigenvalue weighted by atomic mass is 16.2. The van der Waals surface area contributed by atoms with Crippen LogP contribution in [0.25, 0.3) is 0 Å². The van der Waals surface area contributed by atoms with E-state index in [1.807, 2.05) is 50.1 Å². The third-order valence-corrected chi connectivity index (χ3v) is 4.25. The number of carbonyl (C=O) groups is 2. The first-order valence-electron chi connectivity index (χ1n) is 8.25. The Bertz CT molecular complexity index is 554. The van der Waals surface area contributed by atoms with E-state index in [1.165, 1.54) is 0 Å². The molecule has 5 heteroatoms. The lowest BCUT2D eigenvalue weighted by molar-refractivity contribution is -0.133. The second-order valence-electron chi connectivity index (χ2n) is 6.60. The molecule has 0 aromatic heterocycles. The number of carbonyl (C=O) groups excluding carboxylic acids is 2. The van der Waals surface area contributed by atoms with Crippen molar-refractivity contribution in [3.8, 4) is 0 Å². The van der Waals surface area contributed by atoms with Crippen molar-refractivity contribution in [1.82, 2.24) is 15.1 Å². The van der Waals surface area contributed by atoms with E-state index in [1.54, 1.807) is 4.90 Å². The van der Waals surface area contributed by atoms with Gasteiger partial charge in [-0.15, -0.1) is 0 Å². The van der Waals surface area contributed by atoms with E-state index in [-0.39, 0.29) is 23.8 Å². The Morgan fingerprint density at radius 2 is 1.96 bits per heavy atom. The molecular weight excluding hydrogens is 290 g/mol. The maximum atomic E-state index is 12.6. The average molecular weight is 317 g/mol. The van der Waals surface area contributed by atoms with Crippen LogP contribution in [0.2, 0.25) is 0 Å². The number of hydrogen-bond donors (Lipinski definition) is 1. The van der Waals surface area contributed by atoms with Crippen molar-refractivity contribution in [3.63, 3.8) is 0 Å². The quantitative estimate of drug-likeness (QED) is 0.920. The topological polar surface area (TPSA) is 52.7 Å². The molecule has 0 saturated carbocycles. The fraction of sp³-hybridized carbons (Fsp3) is 0.556. The normalized spacial score (nSPS) is 18.1. The van der Waals surface area contributed by atoms with Crippen LogP contribution < -0.4 is 5.32 Å². The van der Waals surface area contributed by atoms with Crippen molar-refractivity contribution in [1.29, 1.82) is 0 Å². The van der Waals surface area contributed by atoms with E-state index in [0.717, 1.165) is 25.2 Å². The van der Waals surface area contributed by atoms with E-state index < -0.39 is 0 Å². The van der Waals surface area contributed by atoms with Crippen molar-refractivity contribution in [3.05, 3.63) is 35.4 Å². The van der Waals surface area contributed by atoms with Gasteiger partial charge in [-0.05, 0) is 24.6 Å². The van der Waals surface area contributed by atoms with Crippen LogP contribution in [-0.4, -0.2) is 54.3 Å². The molecule has 0 spiro atoms. The Morgan fingerprint density at radius 3 is 2.52 bits per heavy atom. The molecule has 2 rings (SSSR count). The standard InChI is InChI=1S/C18H27N3O2/c1-13(2)17(22)20(4)12-15-5-7-16(8-6-15)18(23)21-10-9-19-11-14(21)3/h5-8,13-14,19H,9-12H2,1-4H3. The highest BCUT2D eigenvalue weighted by Crippen LogP contribution is 2.13. The van der Waals surface area contributed by atoms with Gasteiger partial charge in [-0.3, -0.25) is 9.59 Å². The van der Waals surface area contributed by atoms with Crippen molar-refractivity contribution in [2.24, 2.45) is 5.92 Å². The number of rotatable bonds is 4. The summed E-state index contributed by atoms with van der Waals surface area (Å²) in [5, 5.41) is 3.29. The molecule has 23 heavy (non-hydrogen) atoms. The maximum absolute atomic E-state index is 12.6. The summed E-state index contributed by atoms with van der Waals surface area (Å²) in [6.07, 6.45) is 0. The predicted molar refractivity (Wildman–Crippen MR) is 91.1 cm³/mol. The maximum Gasteiger partial charge on any atom is 0.254 e. The van der Waals surface area contributed by atoms with Crippen molar-refractivity contribution in [2.45, 2.75) is 33.4 Å². The van der Waals surface area contributed by atoms with E-state index >= 15 is 0 Å². The summed E-state index contributed by atoms with van der Waals surface area (Å²) in [5.41, 5.74) is 1.74. The molecular formula is C18H27N3O2. The lowest BCUT2D eigenvalue weighted by Crippen LogP contribution is -2.52. The molecule has 0 aliphatic carbocycles. The van der Waals surface area contributed by atoms with Crippen LogP contribution in [0, 0.1) is 5.92 Å². The van der Waals surface area contributed by atoms with Gasteiger partial charge in [0.1, 0.15) is 0 Å². The fourth-order valence-corrected chi connectivity index (χ4v) is 2.85. The first kappa shape index (κ1) is 17.5. The second kappa shape index (κ2) is 7.59. The van der Waals surface area contributed by atoms with E-state index in [2.05, 4.69) is 12.2 Å². The summed E-state index contributed by atoms with van der Waals surface area (Å²) >= 11 is 0. The molecule has 1 aromatic rings. The number of nitrogens with one attached hydrogen (secondary N) is 1. The van der Waals surface area contributed by atoms with E-state index in [4.69, 9.17) is 0 Å². The molecule has 1 heterocycles. The number of hydrogen-bond acceptors (Lipinski definition) is 3. The Kier molecular flexibility index (Phi) is 5.77. The Hall–Kier alpha value is -1.88. The lowest BCUT2D eigenvalue weighted by atomic mass is 10.1. The van der Waals surface area contributed by atoms with Crippen molar-refractivity contribution in [2.75, 3.05) is 26.7 Å². The first-order chi connectivity index (χ1) is 10.9. The van der Waals surface area contributed by atoms with Gasteiger partial charge in [-0.25, -0.2) is 0 Å². The van der Waals surface area contributed by atoms with Gasteiger partial charge < -0.3 is 15.1 Å². The molecule has 1 unspecified atom stereocenters. The van der Waals surface area contributed by atoms with Gasteiger partial charge in [0.05, 0.1) is 0 Å². The molecule has 1 aliphatic rings. The predicted octanol–water partition coefficient (Wildman–Crippen LogP) is 1.73. The molecule has 1 saturated heterocycles. The summed E-state index contributed by atoms with van der Waals surface area (Å²) in [6.45, 7) is 8.85. The molecule has 1 aromatic carbocycles. The Labute approximate surface area is 138 Å². The Morgan fingerprint density at radius 1 is 1.30 bits per heavy atom. The second-order valence-corrected chi connectivity index (χ2v) is 6.60. The van der Waals surface area contributed by atoms with Crippen LogP contribution in [0.5, 0.6) is 0 Å². The molecule has 1 N–H and O–H groups in total. The number of nitrogens with zero attached hydrogens (tertiary/aromatic N) is 2. The molecule has 0 radical (unpaired) electrons. The number of piperazine rings is 1. The first-order valence-corrected chi connectivity index (χ1v) is 8.25. The summed E-state index contributed by atoms with van der Waals surface area (Å²) in [7, 11) is 1.81. The largest absolute Gasteiger partial charge is 0.341 e. The molecule has 126 valence electrons. The molecule has 5 nitrogen and oxygen atoms in total. The SMILES string of the molecule is CC(C)C(=O)N(C)Cc1ccc(C(=O)N2CCNCC2C)cc1. The third-order valence-electron chi connectivity index (χ3n) is 4.25. The highest BCUT2D eigenvalue weighted by Gasteiger charge is 2.23. The smallest absolute Gasteiger partial charge is 0.254 e. The summed E-state index contributed by atoms with van der Waals surface area (Å²) in [4.78, 5) is 28.1. The molecule has 2 amide bonds. The monoisotopic (exact) mass is 317 g/mol. The molecule has 0 bridgehead atoms. The van der Waals surface area contributed by atoms with E-state index in [9.17, 15) is 9.59 Å². The third kappa shape index (κ3) is 4.32. The van der Waals surface area contributed by atoms with E-state index in [0.29, 0.717) is 12.1 Å². The highest BCUT2D eigenvalue weighted by molar-refractivity contribution is 5.94. The minimum Gasteiger partial charge on any atom is -0.341 e. The fourth-order valence-electron chi connectivity index (χ4n) is 2.85. The van der Waals surface area contributed by atoms with Gasteiger partial charge in [-0.2, -0.15) is 0 Å². The van der Waals surface area contributed by atoms with Crippen LogP contribution in [0.15, 0.2) is 24.3 Å². The number of benzene rings is 1. The van der Waals surface area contributed by atoms with Crippen LogP contribution in [0.4, 0.5) is 0 Å². The van der Waals surface area contributed by atoms with Gasteiger partial charge in [-0.1, -0.05) is 26.0 Å². The van der Waals surface area contributed by atoms with Crippen LogP contribution in [-0.2, 0) is 11.3 Å². The van der Waals surface area contributed by atoms with Gasteiger partial charge in [0.2, 0.25) is 5.91 Å². The zero-order chi connectivity index (χ0) is 17.0. The van der Waals surface area contributed by atoms with Crippen molar-refractivity contribution < 1.29 is 9.59 Å². The van der Waals surface area contributed by atoms with Crippen LogP contribution >= 0.6 is 0 Å². The minimum atomic E-state index is -0.00458. The van der Waals surface area contributed by atoms with Gasteiger partial charge in [0.15, 0.2) is 0 Å². The minimum absolute atomic E-state index is 0.00458. The Balaban J connectivity index is 2.01. The van der Waals surface area contributed by atoms with Crippen LogP contribution in [0.3, 0.4) is 0 Å².